The Labute approximate surface area is 117 Å². The van der Waals surface area contributed by atoms with Gasteiger partial charge in [0.25, 0.3) is 0 Å². The first-order valence-electron chi connectivity index (χ1n) is 6.33. The highest BCUT2D eigenvalue weighted by molar-refractivity contribution is 5.87. The number of carbonyl (C=O) groups is 1. The molecular weight excluding hydrogens is 258 g/mol. The van der Waals surface area contributed by atoms with Gasteiger partial charge in [0.05, 0.1) is 12.7 Å². The van der Waals surface area contributed by atoms with E-state index in [1.165, 1.54) is 6.07 Å². The molecule has 0 aliphatic rings. The Kier molecular flexibility index (Phi) is 3.79. The summed E-state index contributed by atoms with van der Waals surface area (Å²) in [4.78, 5) is 10.9. The number of aromatic carboxylic acids is 1. The third-order valence-electron chi connectivity index (χ3n) is 3.20. The Hall–Kier alpha value is -2.30. The molecule has 1 aromatic carbocycles. The highest BCUT2D eigenvalue weighted by Crippen LogP contribution is 2.39. The molecule has 0 spiro atoms. The molecule has 0 bridgehead atoms. The van der Waals surface area contributed by atoms with Gasteiger partial charge in [0.15, 0.2) is 11.5 Å². The van der Waals surface area contributed by atoms with Crippen molar-refractivity contribution >= 4 is 5.97 Å². The average Bonchev–Trinajstić information content (AvgIpc) is 2.87. The maximum Gasteiger partial charge on any atom is 0.358 e. The van der Waals surface area contributed by atoms with Crippen LogP contribution in [0.2, 0.25) is 0 Å². The Balaban J connectivity index is 2.65. The summed E-state index contributed by atoms with van der Waals surface area (Å²) in [6, 6.07) is 5.39. The van der Waals surface area contributed by atoms with Crippen molar-refractivity contribution in [2.24, 2.45) is 0 Å². The normalized spacial score (nSPS) is 10.8. The van der Waals surface area contributed by atoms with Crippen LogP contribution in [-0.4, -0.2) is 23.3 Å². The number of carboxylic acids is 1. The van der Waals surface area contributed by atoms with E-state index >= 15 is 0 Å². The number of hydrogen-bond acceptors (Lipinski definition) is 4. The quantitative estimate of drug-likeness (QED) is 0.924. The number of aromatic nitrogens is 1. The molecule has 1 N–H and O–H groups in total. The van der Waals surface area contributed by atoms with Gasteiger partial charge in [-0.1, -0.05) is 31.1 Å². The Morgan fingerprint density at radius 3 is 2.60 bits per heavy atom. The van der Waals surface area contributed by atoms with E-state index in [1.54, 1.807) is 7.11 Å². The number of ether oxygens (including phenoxy) is 1. The van der Waals surface area contributed by atoms with Crippen LogP contribution in [-0.2, 0) is 0 Å². The summed E-state index contributed by atoms with van der Waals surface area (Å²) in [6.45, 7) is 6.06. The van der Waals surface area contributed by atoms with Gasteiger partial charge in [-0.05, 0) is 24.0 Å². The molecule has 2 aromatic rings. The second-order valence-electron chi connectivity index (χ2n) is 4.92. The third kappa shape index (κ3) is 2.39. The first-order valence-corrected chi connectivity index (χ1v) is 6.33. The lowest BCUT2D eigenvalue weighted by Crippen LogP contribution is -1.98. The van der Waals surface area contributed by atoms with Gasteiger partial charge in [-0.2, -0.15) is 0 Å². The standard InChI is InChI=1S/C15H17NO4/c1-8(2)10-6-5-9(3)13(14(10)19-4)12-7-11(15(17)18)16-20-12/h5-8H,1-4H3,(H,17,18). The van der Waals surface area contributed by atoms with E-state index < -0.39 is 5.97 Å². The summed E-state index contributed by atoms with van der Waals surface area (Å²) in [5, 5.41) is 12.5. The lowest BCUT2D eigenvalue weighted by Gasteiger charge is -2.16. The van der Waals surface area contributed by atoms with E-state index in [2.05, 4.69) is 19.0 Å². The van der Waals surface area contributed by atoms with E-state index in [9.17, 15) is 4.79 Å². The number of carboxylic acid groups (broad SMARTS) is 1. The van der Waals surface area contributed by atoms with Crippen LogP contribution in [0.3, 0.4) is 0 Å². The summed E-state index contributed by atoms with van der Waals surface area (Å²) in [7, 11) is 1.60. The maximum absolute atomic E-state index is 10.9. The molecule has 2 rings (SSSR count). The van der Waals surface area contributed by atoms with E-state index in [0.717, 1.165) is 16.7 Å². The largest absolute Gasteiger partial charge is 0.496 e. The number of nitrogens with zero attached hydrogens (tertiary/aromatic N) is 1. The van der Waals surface area contributed by atoms with Crippen molar-refractivity contribution in [3.8, 4) is 17.1 Å². The zero-order chi connectivity index (χ0) is 14.9. The lowest BCUT2D eigenvalue weighted by molar-refractivity contribution is 0.0686. The molecule has 1 heterocycles. The summed E-state index contributed by atoms with van der Waals surface area (Å²) in [5.41, 5.74) is 2.62. The summed E-state index contributed by atoms with van der Waals surface area (Å²) in [5.74, 6) is 0.273. The van der Waals surface area contributed by atoms with Crippen molar-refractivity contribution in [2.45, 2.75) is 26.7 Å². The van der Waals surface area contributed by atoms with Crippen LogP contribution in [0.5, 0.6) is 5.75 Å². The zero-order valence-corrected chi connectivity index (χ0v) is 11.9. The smallest absolute Gasteiger partial charge is 0.358 e. The van der Waals surface area contributed by atoms with Crippen molar-refractivity contribution in [2.75, 3.05) is 7.11 Å². The van der Waals surface area contributed by atoms with Gasteiger partial charge in [-0.25, -0.2) is 4.79 Å². The average molecular weight is 275 g/mol. The molecule has 5 heteroatoms. The molecule has 0 radical (unpaired) electrons. The molecule has 0 fully saturated rings. The number of benzene rings is 1. The number of rotatable bonds is 4. The molecule has 0 amide bonds. The van der Waals surface area contributed by atoms with Crippen molar-refractivity contribution in [1.29, 1.82) is 0 Å². The van der Waals surface area contributed by atoms with Gasteiger partial charge in [0, 0.05) is 6.07 Å². The van der Waals surface area contributed by atoms with Gasteiger partial charge in [-0.15, -0.1) is 0 Å². The van der Waals surface area contributed by atoms with Crippen molar-refractivity contribution < 1.29 is 19.2 Å². The fourth-order valence-electron chi connectivity index (χ4n) is 2.17. The van der Waals surface area contributed by atoms with Crippen molar-refractivity contribution in [3.05, 3.63) is 35.0 Å². The predicted molar refractivity (Wildman–Crippen MR) is 74.3 cm³/mol. The first-order chi connectivity index (χ1) is 9.45. The summed E-state index contributed by atoms with van der Waals surface area (Å²) in [6.07, 6.45) is 0. The highest BCUT2D eigenvalue weighted by Gasteiger charge is 2.20. The number of aryl methyl sites for hydroxylation is 1. The molecule has 0 saturated carbocycles. The highest BCUT2D eigenvalue weighted by atomic mass is 16.5. The van der Waals surface area contributed by atoms with Gasteiger partial charge in [0.2, 0.25) is 0 Å². The molecule has 0 aliphatic carbocycles. The number of hydrogen-bond donors (Lipinski definition) is 1. The van der Waals surface area contributed by atoms with Gasteiger partial charge < -0.3 is 14.4 Å². The van der Waals surface area contributed by atoms with E-state index in [0.29, 0.717) is 11.5 Å². The fraction of sp³-hybridized carbons (Fsp3) is 0.333. The molecule has 0 unspecified atom stereocenters. The molecule has 0 atom stereocenters. The fourth-order valence-corrected chi connectivity index (χ4v) is 2.17. The van der Waals surface area contributed by atoms with E-state index in [4.69, 9.17) is 14.4 Å². The van der Waals surface area contributed by atoms with Gasteiger partial charge in [0.1, 0.15) is 5.75 Å². The summed E-state index contributed by atoms with van der Waals surface area (Å²) < 4.78 is 10.7. The molecular formula is C15H17NO4. The number of methoxy groups -OCH3 is 1. The van der Waals surface area contributed by atoms with Crippen molar-refractivity contribution in [3.63, 3.8) is 0 Å². The van der Waals surface area contributed by atoms with Gasteiger partial charge >= 0.3 is 5.97 Å². The van der Waals surface area contributed by atoms with Crippen LogP contribution in [0.4, 0.5) is 0 Å². The summed E-state index contributed by atoms with van der Waals surface area (Å²) >= 11 is 0. The molecule has 106 valence electrons. The van der Waals surface area contributed by atoms with Crippen LogP contribution in [0.25, 0.3) is 11.3 Å². The Morgan fingerprint density at radius 1 is 1.40 bits per heavy atom. The van der Waals surface area contributed by atoms with Crippen molar-refractivity contribution in [1.82, 2.24) is 5.16 Å². The Morgan fingerprint density at radius 2 is 2.10 bits per heavy atom. The topological polar surface area (TPSA) is 72.6 Å². The van der Waals surface area contributed by atoms with Crippen LogP contribution in [0.15, 0.2) is 22.7 Å². The monoisotopic (exact) mass is 275 g/mol. The lowest BCUT2D eigenvalue weighted by atomic mass is 9.94. The zero-order valence-electron chi connectivity index (χ0n) is 11.9. The second kappa shape index (κ2) is 5.36. The third-order valence-corrected chi connectivity index (χ3v) is 3.20. The molecule has 5 nitrogen and oxygen atoms in total. The minimum atomic E-state index is -1.11. The van der Waals surface area contributed by atoms with E-state index in [1.807, 2.05) is 19.1 Å². The SMILES string of the molecule is COc1c(C(C)C)ccc(C)c1-c1cc(C(=O)O)no1. The van der Waals surface area contributed by atoms with Crippen LogP contribution >= 0.6 is 0 Å². The predicted octanol–water partition coefficient (Wildman–Crippen LogP) is 3.48. The van der Waals surface area contributed by atoms with E-state index in [-0.39, 0.29) is 11.6 Å². The van der Waals surface area contributed by atoms with Crippen LogP contribution < -0.4 is 4.74 Å². The molecule has 20 heavy (non-hydrogen) atoms. The van der Waals surface area contributed by atoms with Crippen LogP contribution in [0, 0.1) is 6.92 Å². The Bertz CT molecular complexity index is 643. The first kappa shape index (κ1) is 14.1. The minimum Gasteiger partial charge on any atom is -0.496 e. The molecule has 0 aliphatic heterocycles. The van der Waals surface area contributed by atoms with Crippen LogP contribution in [0.1, 0.15) is 41.4 Å². The minimum absolute atomic E-state index is 0.114. The maximum atomic E-state index is 10.9. The van der Waals surface area contributed by atoms with Gasteiger partial charge in [-0.3, -0.25) is 0 Å². The molecule has 0 saturated heterocycles. The second-order valence-corrected chi connectivity index (χ2v) is 4.92. The molecule has 1 aromatic heterocycles.